The van der Waals surface area contributed by atoms with Gasteiger partial charge < -0.3 is 19.9 Å². The topological polar surface area (TPSA) is 111 Å². The van der Waals surface area contributed by atoms with Crippen molar-refractivity contribution in [3.05, 3.63) is 117 Å². The molecule has 0 fully saturated rings. The van der Waals surface area contributed by atoms with Crippen molar-refractivity contribution in [1.82, 2.24) is 25.1 Å². The maximum atomic E-state index is 13.6. The Labute approximate surface area is 229 Å². The predicted octanol–water partition coefficient (Wildman–Crippen LogP) is 1.68. The number of pyridine rings is 2. The summed E-state index contributed by atoms with van der Waals surface area (Å²) in [4.78, 5) is 22.4. The third-order valence-corrected chi connectivity index (χ3v) is 6.96. The highest BCUT2D eigenvalue weighted by atomic mass is 16.5. The van der Waals surface area contributed by atoms with Crippen molar-refractivity contribution in [1.29, 1.82) is 0 Å². The van der Waals surface area contributed by atoms with Gasteiger partial charge in [-0.15, -0.1) is 0 Å². The summed E-state index contributed by atoms with van der Waals surface area (Å²) in [6, 6.07) is 18.5. The largest absolute Gasteiger partial charge is 0.493 e. The van der Waals surface area contributed by atoms with Crippen LogP contribution in [0, 0.1) is 0 Å². The average Bonchev–Trinajstić information content (AvgIpc) is 3.01. The molecule has 0 amide bonds. The minimum absolute atomic E-state index is 0.0986. The van der Waals surface area contributed by atoms with Crippen LogP contribution >= 0.6 is 0 Å². The van der Waals surface area contributed by atoms with Crippen LogP contribution in [-0.2, 0) is 6.42 Å². The van der Waals surface area contributed by atoms with Crippen LogP contribution in [0.3, 0.4) is 0 Å². The van der Waals surface area contributed by atoms with Crippen molar-refractivity contribution in [2.24, 2.45) is 0 Å². The Balaban J connectivity index is 1.54. The van der Waals surface area contributed by atoms with Crippen molar-refractivity contribution in [2.75, 3.05) is 20.8 Å². The summed E-state index contributed by atoms with van der Waals surface area (Å²) in [5, 5.41) is 21.3. The van der Waals surface area contributed by atoms with E-state index in [2.05, 4.69) is 15.3 Å². The molecule has 0 unspecified atom stereocenters. The molecule has 0 saturated heterocycles. The number of hydrogen-bond donors (Lipinski definition) is 2. The Bertz CT molecular complexity index is 1900. The number of hydrogen-bond acceptors (Lipinski definition) is 8. The highest BCUT2D eigenvalue weighted by Gasteiger charge is 2.19. The molecule has 0 aliphatic carbocycles. The van der Waals surface area contributed by atoms with E-state index in [1.807, 2.05) is 66.7 Å². The van der Waals surface area contributed by atoms with Gasteiger partial charge in [0, 0.05) is 41.2 Å². The van der Waals surface area contributed by atoms with Gasteiger partial charge >= 0.3 is 0 Å². The maximum Gasteiger partial charge on any atom is 0.280 e. The number of aromatic nitrogens is 4. The average molecular weight is 534 g/mol. The fourth-order valence-corrected chi connectivity index (χ4v) is 5.03. The molecule has 0 saturated carbocycles. The number of aliphatic hydroxyl groups excluding tert-OH is 1. The Kier molecular flexibility index (Phi) is 6.71. The lowest BCUT2D eigenvalue weighted by atomic mass is 10.0. The van der Waals surface area contributed by atoms with Crippen LogP contribution in [-0.4, -0.2) is 51.7 Å². The van der Waals surface area contributed by atoms with Crippen LogP contribution < -0.4 is 30.8 Å². The molecule has 1 aliphatic rings. The first-order valence-electron chi connectivity index (χ1n) is 12.8. The zero-order chi connectivity index (χ0) is 27.6. The summed E-state index contributed by atoms with van der Waals surface area (Å²) in [6.07, 6.45) is 7.63. The Morgan fingerprint density at radius 1 is 0.975 bits per heavy atom. The summed E-state index contributed by atoms with van der Waals surface area (Å²) in [7, 11) is 3.18. The van der Waals surface area contributed by atoms with E-state index < -0.39 is 0 Å². The van der Waals surface area contributed by atoms with E-state index in [-0.39, 0.29) is 18.2 Å². The predicted molar refractivity (Wildman–Crippen MR) is 152 cm³/mol. The second kappa shape index (κ2) is 10.6. The van der Waals surface area contributed by atoms with Crippen LogP contribution in [0.1, 0.15) is 16.8 Å². The lowest BCUT2D eigenvalue weighted by molar-refractivity contribution is 0.279. The SMILES string of the molecule is COc1cc2c(cc1OC)=C(c1ccnc(-n3nc(Cc4cccnc4)c4ccccc4c3=O)c1)N[C@H](CO)C=2. The van der Waals surface area contributed by atoms with Crippen molar-refractivity contribution in [3.8, 4) is 17.3 Å². The molecule has 5 aromatic rings. The summed E-state index contributed by atoms with van der Waals surface area (Å²) < 4.78 is 12.4. The molecule has 9 nitrogen and oxygen atoms in total. The first-order chi connectivity index (χ1) is 19.6. The van der Waals surface area contributed by atoms with E-state index in [0.29, 0.717) is 29.1 Å². The standard InChI is InChI=1S/C31H27N5O4/c1-39-27-14-21-13-22(18-37)34-30(25(21)16-28(27)40-2)20-9-11-33-29(15-20)36-31(38)24-8-4-3-7-23(24)26(35-36)12-19-6-5-10-32-17-19/h3-11,13-17,22,34,37H,12,18H2,1-2H3/t22-/m0/s1. The first-order valence-corrected chi connectivity index (χ1v) is 12.8. The molecule has 0 bridgehead atoms. The molecule has 1 aliphatic heterocycles. The van der Waals surface area contributed by atoms with Gasteiger partial charge in [0.2, 0.25) is 0 Å². The Hall–Kier alpha value is -5.02. The molecule has 4 heterocycles. The van der Waals surface area contributed by atoms with Crippen LogP contribution in [0.5, 0.6) is 11.5 Å². The third kappa shape index (κ3) is 4.56. The fraction of sp³-hybridized carbons (Fsp3) is 0.161. The maximum absolute atomic E-state index is 13.6. The van der Waals surface area contributed by atoms with Gasteiger partial charge in [-0.25, -0.2) is 4.98 Å². The smallest absolute Gasteiger partial charge is 0.280 e. The number of nitrogens with zero attached hydrogens (tertiary/aromatic N) is 4. The van der Waals surface area contributed by atoms with Crippen molar-refractivity contribution >= 4 is 22.5 Å². The summed E-state index contributed by atoms with van der Waals surface area (Å²) in [5.74, 6) is 1.56. The van der Waals surface area contributed by atoms with Crippen molar-refractivity contribution < 1.29 is 14.6 Å². The molecular formula is C31H27N5O4. The zero-order valence-electron chi connectivity index (χ0n) is 22.0. The quantitative estimate of drug-likeness (QED) is 0.325. The second-order valence-corrected chi connectivity index (χ2v) is 9.42. The van der Waals surface area contributed by atoms with Crippen molar-refractivity contribution in [3.63, 3.8) is 0 Å². The van der Waals surface area contributed by atoms with E-state index in [1.54, 1.807) is 32.8 Å². The van der Waals surface area contributed by atoms with E-state index in [1.165, 1.54) is 4.68 Å². The van der Waals surface area contributed by atoms with Crippen LogP contribution in [0.25, 0.3) is 28.4 Å². The molecular weight excluding hydrogens is 506 g/mol. The number of methoxy groups -OCH3 is 2. The molecule has 0 radical (unpaired) electrons. The van der Waals surface area contributed by atoms with Crippen molar-refractivity contribution in [2.45, 2.75) is 12.5 Å². The van der Waals surface area contributed by atoms with Gasteiger partial charge in [0.25, 0.3) is 5.56 Å². The highest BCUT2D eigenvalue weighted by molar-refractivity contribution is 5.84. The lowest BCUT2D eigenvalue weighted by Gasteiger charge is -2.22. The number of nitrogens with one attached hydrogen (secondary N) is 1. The van der Waals surface area contributed by atoms with Gasteiger partial charge in [0.15, 0.2) is 17.3 Å². The van der Waals surface area contributed by atoms with Gasteiger partial charge in [0.1, 0.15) is 0 Å². The van der Waals surface area contributed by atoms with Gasteiger partial charge in [-0.1, -0.05) is 30.3 Å². The van der Waals surface area contributed by atoms with Crippen LogP contribution in [0.4, 0.5) is 0 Å². The third-order valence-electron chi connectivity index (χ3n) is 6.96. The van der Waals surface area contributed by atoms with Gasteiger partial charge in [-0.05, 0) is 47.2 Å². The minimum atomic E-state index is -0.315. The summed E-state index contributed by atoms with van der Waals surface area (Å²) in [5.41, 5.74) is 3.02. The Morgan fingerprint density at radius 2 is 1.77 bits per heavy atom. The van der Waals surface area contributed by atoms with E-state index in [4.69, 9.17) is 14.6 Å². The van der Waals surface area contributed by atoms with Crippen LogP contribution in [0.15, 0.2) is 84.0 Å². The number of benzene rings is 2. The second-order valence-electron chi connectivity index (χ2n) is 9.42. The van der Waals surface area contributed by atoms with E-state index in [0.717, 1.165) is 38.3 Å². The normalized spacial score (nSPS) is 14.3. The molecule has 2 N–H and O–H groups in total. The summed E-state index contributed by atoms with van der Waals surface area (Å²) >= 11 is 0. The first kappa shape index (κ1) is 25.3. The number of ether oxygens (including phenoxy) is 2. The Morgan fingerprint density at radius 3 is 2.52 bits per heavy atom. The zero-order valence-corrected chi connectivity index (χ0v) is 22.0. The molecule has 0 spiro atoms. The van der Waals surface area contributed by atoms with Crippen LogP contribution in [0.2, 0.25) is 0 Å². The molecule has 3 aromatic heterocycles. The summed E-state index contributed by atoms with van der Waals surface area (Å²) in [6.45, 7) is -0.0986. The molecule has 2 aromatic carbocycles. The monoisotopic (exact) mass is 533 g/mol. The molecule has 9 heteroatoms. The number of aliphatic hydroxyl groups is 1. The van der Waals surface area contributed by atoms with Gasteiger partial charge in [-0.3, -0.25) is 9.78 Å². The lowest BCUT2D eigenvalue weighted by Crippen LogP contribution is -2.44. The fourth-order valence-electron chi connectivity index (χ4n) is 5.03. The van der Waals surface area contributed by atoms with Gasteiger partial charge in [-0.2, -0.15) is 9.78 Å². The molecule has 200 valence electrons. The van der Waals surface area contributed by atoms with E-state index in [9.17, 15) is 9.90 Å². The highest BCUT2D eigenvalue weighted by Crippen LogP contribution is 2.24. The molecule has 1 atom stereocenters. The number of fused-ring (bicyclic) bond motifs is 2. The van der Waals surface area contributed by atoms with E-state index >= 15 is 0 Å². The number of rotatable bonds is 7. The molecule has 6 rings (SSSR count). The molecule has 40 heavy (non-hydrogen) atoms. The minimum Gasteiger partial charge on any atom is -0.493 e. The van der Waals surface area contributed by atoms with Gasteiger partial charge in [0.05, 0.1) is 43.6 Å².